The standard InChI is InChI=1S/C13H17O9P/c1-8(2)12(14)20-7-21-13(15)9-4-5-10(11(6-9)19-3)22-23(16,17)18/h4-6,8H,7H2,1-3H3,(H2,16,17,18). The van der Waals surface area contributed by atoms with Crippen LogP contribution in [0.15, 0.2) is 18.2 Å². The van der Waals surface area contributed by atoms with Crippen LogP contribution in [0.2, 0.25) is 0 Å². The van der Waals surface area contributed by atoms with Gasteiger partial charge in [-0.05, 0) is 18.2 Å². The van der Waals surface area contributed by atoms with E-state index in [1.807, 2.05) is 0 Å². The van der Waals surface area contributed by atoms with Crippen LogP contribution >= 0.6 is 7.82 Å². The highest BCUT2D eigenvalue weighted by molar-refractivity contribution is 7.46. The monoisotopic (exact) mass is 348 g/mol. The van der Waals surface area contributed by atoms with Gasteiger partial charge in [0.15, 0.2) is 11.5 Å². The number of carbonyl (C=O) groups is 2. The molecule has 0 aromatic heterocycles. The molecular formula is C13H17O9P. The van der Waals surface area contributed by atoms with Gasteiger partial charge in [-0.15, -0.1) is 0 Å². The molecule has 0 amide bonds. The maximum Gasteiger partial charge on any atom is 0.524 e. The lowest BCUT2D eigenvalue weighted by atomic mass is 10.2. The van der Waals surface area contributed by atoms with Crippen LogP contribution in [0, 0.1) is 5.92 Å². The number of phosphoric acid groups is 1. The summed E-state index contributed by atoms with van der Waals surface area (Å²) in [6.45, 7) is 2.72. The Labute approximate surface area is 132 Å². The number of methoxy groups -OCH3 is 1. The third kappa shape index (κ3) is 6.27. The van der Waals surface area contributed by atoms with Crippen molar-refractivity contribution in [2.45, 2.75) is 13.8 Å². The van der Waals surface area contributed by atoms with Gasteiger partial charge in [0.25, 0.3) is 0 Å². The summed E-state index contributed by atoms with van der Waals surface area (Å²) in [6.07, 6.45) is 0. The Morgan fingerprint density at radius 1 is 1.17 bits per heavy atom. The van der Waals surface area contributed by atoms with Crippen LogP contribution in [0.5, 0.6) is 11.5 Å². The third-order valence-electron chi connectivity index (χ3n) is 2.48. The summed E-state index contributed by atoms with van der Waals surface area (Å²) in [6, 6.07) is 3.55. The second kappa shape index (κ2) is 7.96. The van der Waals surface area contributed by atoms with Crippen molar-refractivity contribution in [2.24, 2.45) is 5.92 Å². The fraction of sp³-hybridized carbons (Fsp3) is 0.385. The van der Waals surface area contributed by atoms with E-state index in [2.05, 4.69) is 4.52 Å². The molecule has 0 radical (unpaired) electrons. The molecule has 0 bridgehead atoms. The van der Waals surface area contributed by atoms with Crippen LogP contribution in [-0.4, -0.2) is 35.6 Å². The lowest BCUT2D eigenvalue weighted by Gasteiger charge is -2.12. The quantitative estimate of drug-likeness (QED) is 0.427. The summed E-state index contributed by atoms with van der Waals surface area (Å²) in [4.78, 5) is 40.6. The number of hydrogen-bond donors (Lipinski definition) is 2. The fourth-order valence-electron chi connectivity index (χ4n) is 1.39. The molecule has 0 spiro atoms. The van der Waals surface area contributed by atoms with Crippen molar-refractivity contribution in [1.29, 1.82) is 0 Å². The Bertz CT molecular complexity index is 620. The number of phosphoric ester groups is 1. The molecule has 0 saturated heterocycles. The largest absolute Gasteiger partial charge is 0.524 e. The van der Waals surface area contributed by atoms with Crippen molar-refractivity contribution >= 4 is 19.8 Å². The molecule has 23 heavy (non-hydrogen) atoms. The highest BCUT2D eigenvalue weighted by Crippen LogP contribution is 2.42. The van der Waals surface area contributed by atoms with Crippen molar-refractivity contribution in [3.8, 4) is 11.5 Å². The summed E-state index contributed by atoms with van der Waals surface area (Å²) in [5.41, 5.74) is 0.0282. The van der Waals surface area contributed by atoms with E-state index in [1.165, 1.54) is 19.2 Å². The summed E-state index contributed by atoms with van der Waals surface area (Å²) in [7, 11) is -3.52. The van der Waals surface area contributed by atoms with E-state index in [1.54, 1.807) is 13.8 Å². The first kappa shape index (κ1) is 19.0. The van der Waals surface area contributed by atoms with Crippen molar-refractivity contribution < 1.29 is 42.7 Å². The van der Waals surface area contributed by atoms with Gasteiger partial charge in [0.05, 0.1) is 18.6 Å². The minimum atomic E-state index is -4.76. The first-order valence-corrected chi connectivity index (χ1v) is 7.94. The number of ether oxygens (including phenoxy) is 3. The second-order valence-corrected chi connectivity index (χ2v) is 5.78. The molecule has 0 aliphatic carbocycles. The van der Waals surface area contributed by atoms with E-state index >= 15 is 0 Å². The molecule has 0 aliphatic rings. The van der Waals surface area contributed by atoms with Gasteiger partial charge in [-0.2, -0.15) is 0 Å². The number of esters is 2. The van der Waals surface area contributed by atoms with Gasteiger partial charge in [-0.3, -0.25) is 14.6 Å². The van der Waals surface area contributed by atoms with Gasteiger partial charge >= 0.3 is 19.8 Å². The van der Waals surface area contributed by atoms with Gasteiger partial charge in [0, 0.05) is 0 Å². The average molecular weight is 348 g/mol. The predicted molar refractivity (Wildman–Crippen MR) is 76.9 cm³/mol. The SMILES string of the molecule is COc1cc(C(=O)OCOC(=O)C(C)C)ccc1OP(=O)(O)O. The molecule has 0 unspecified atom stereocenters. The number of benzene rings is 1. The molecule has 9 nitrogen and oxygen atoms in total. The molecule has 1 aromatic carbocycles. The Morgan fingerprint density at radius 3 is 2.35 bits per heavy atom. The molecule has 0 heterocycles. The number of carbonyl (C=O) groups excluding carboxylic acids is 2. The van der Waals surface area contributed by atoms with Crippen LogP contribution in [0.4, 0.5) is 0 Å². The predicted octanol–water partition coefficient (Wildman–Crippen LogP) is 1.48. The molecule has 0 fully saturated rings. The highest BCUT2D eigenvalue weighted by atomic mass is 31.2. The van der Waals surface area contributed by atoms with Gasteiger partial charge in [-0.1, -0.05) is 13.8 Å². The van der Waals surface area contributed by atoms with Crippen LogP contribution in [-0.2, 0) is 18.8 Å². The van der Waals surface area contributed by atoms with Crippen molar-refractivity contribution in [2.75, 3.05) is 13.9 Å². The van der Waals surface area contributed by atoms with Crippen LogP contribution in [0.3, 0.4) is 0 Å². The summed E-state index contributed by atoms with van der Waals surface area (Å²) in [5, 5.41) is 0. The van der Waals surface area contributed by atoms with Gasteiger partial charge in [-0.25, -0.2) is 9.36 Å². The second-order valence-electron chi connectivity index (χ2n) is 4.62. The Kier molecular flexibility index (Phi) is 6.56. The first-order valence-electron chi connectivity index (χ1n) is 6.41. The van der Waals surface area contributed by atoms with E-state index in [-0.39, 0.29) is 23.0 Å². The zero-order valence-corrected chi connectivity index (χ0v) is 13.6. The normalized spacial score (nSPS) is 11.0. The van der Waals surface area contributed by atoms with Crippen molar-refractivity contribution in [3.05, 3.63) is 23.8 Å². The molecule has 0 saturated carbocycles. The molecule has 2 N–H and O–H groups in total. The number of hydrogen-bond acceptors (Lipinski definition) is 7. The molecule has 10 heteroatoms. The van der Waals surface area contributed by atoms with Gasteiger partial charge in [0.2, 0.25) is 6.79 Å². The zero-order chi connectivity index (χ0) is 17.6. The maximum absolute atomic E-state index is 11.8. The van der Waals surface area contributed by atoms with E-state index in [9.17, 15) is 14.2 Å². The van der Waals surface area contributed by atoms with E-state index in [4.69, 9.17) is 24.0 Å². The minimum Gasteiger partial charge on any atom is -0.493 e. The van der Waals surface area contributed by atoms with Crippen molar-refractivity contribution in [1.82, 2.24) is 0 Å². The minimum absolute atomic E-state index is 0.0282. The van der Waals surface area contributed by atoms with Crippen LogP contribution < -0.4 is 9.26 Å². The Balaban J connectivity index is 2.75. The zero-order valence-electron chi connectivity index (χ0n) is 12.7. The molecule has 1 aromatic rings. The molecule has 0 atom stereocenters. The van der Waals surface area contributed by atoms with Crippen LogP contribution in [0.25, 0.3) is 0 Å². The first-order chi connectivity index (χ1) is 10.6. The maximum atomic E-state index is 11.8. The lowest BCUT2D eigenvalue weighted by Crippen LogP contribution is -2.16. The Morgan fingerprint density at radius 2 is 1.83 bits per heavy atom. The topological polar surface area (TPSA) is 129 Å². The van der Waals surface area contributed by atoms with Crippen LogP contribution in [0.1, 0.15) is 24.2 Å². The highest BCUT2D eigenvalue weighted by Gasteiger charge is 2.20. The molecular weight excluding hydrogens is 331 g/mol. The number of rotatable bonds is 7. The van der Waals surface area contributed by atoms with E-state index in [0.29, 0.717) is 0 Å². The van der Waals surface area contributed by atoms with E-state index in [0.717, 1.165) is 6.07 Å². The molecule has 1 rings (SSSR count). The van der Waals surface area contributed by atoms with Crippen molar-refractivity contribution in [3.63, 3.8) is 0 Å². The molecule has 128 valence electrons. The fourth-order valence-corrected chi connectivity index (χ4v) is 1.80. The summed E-state index contributed by atoms with van der Waals surface area (Å²) < 4.78 is 29.6. The Hall–Kier alpha value is -2.09. The van der Waals surface area contributed by atoms with Gasteiger partial charge < -0.3 is 18.7 Å². The molecule has 0 aliphatic heterocycles. The smallest absolute Gasteiger partial charge is 0.493 e. The van der Waals surface area contributed by atoms with E-state index < -0.39 is 26.6 Å². The summed E-state index contributed by atoms with van der Waals surface area (Å²) >= 11 is 0. The van der Waals surface area contributed by atoms with Gasteiger partial charge in [0.1, 0.15) is 0 Å². The summed E-state index contributed by atoms with van der Waals surface area (Å²) in [5.74, 6) is -1.97. The third-order valence-corrected chi connectivity index (χ3v) is 2.91. The average Bonchev–Trinajstić information content (AvgIpc) is 2.45. The lowest BCUT2D eigenvalue weighted by molar-refractivity contribution is -0.155.